The molecule has 0 radical (unpaired) electrons. The number of aromatic nitrogens is 1. The Bertz CT molecular complexity index is 407. The minimum Gasteiger partial charge on any atom is -0.382 e. The number of pyridine rings is 1. The van der Waals surface area contributed by atoms with Gasteiger partial charge in [0.1, 0.15) is 0 Å². The van der Waals surface area contributed by atoms with E-state index in [9.17, 15) is 10.1 Å². The van der Waals surface area contributed by atoms with E-state index in [-0.39, 0.29) is 11.9 Å². The summed E-state index contributed by atoms with van der Waals surface area (Å²) in [4.78, 5) is 15.9. The first kappa shape index (κ1) is 12.7. The van der Waals surface area contributed by atoms with Crippen molar-refractivity contribution in [2.45, 2.75) is 6.10 Å². The molecule has 7 heteroatoms. The molecular formula is C11H15N3O4. The molecule has 0 aromatic carbocycles. The maximum atomic E-state index is 10.5. The van der Waals surface area contributed by atoms with Gasteiger partial charge in [-0.25, -0.2) is 0 Å². The fourth-order valence-electron chi connectivity index (χ4n) is 1.91. The average Bonchev–Trinajstić information content (AvgIpc) is 2.39. The van der Waals surface area contributed by atoms with Crippen LogP contribution in [0.4, 0.5) is 11.5 Å². The Labute approximate surface area is 104 Å². The lowest BCUT2D eigenvalue weighted by Gasteiger charge is -2.33. The molecule has 1 saturated heterocycles. The van der Waals surface area contributed by atoms with Gasteiger partial charge in [-0.15, -0.1) is 0 Å². The van der Waals surface area contributed by atoms with Gasteiger partial charge in [-0.3, -0.25) is 0 Å². The van der Waals surface area contributed by atoms with Crippen LogP contribution in [-0.4, -0.2) is 49.4 Å². The molecule has 0 saturated carbocycles. The van der Waals surface area contributed by atoms with Crippen LogP contribution < -0.4 is 4.90 Å². The van der Waals surface area contributed by atoms with Crippen LogP contribution in [0.15, 0.2) is 18.3 Å². The minimum absolute atomic E-state index is 0.0268. The van der Waals surface area contributed by atoms with Crippen LogP contribution in [-0.2, 0) is 9.47 Å². The summed E-state index contributed by atoms with van der Waals surface area (Å²) in [5.74, 6) is -0.138. The molecule has 1 aliphatic heterocycles. The lowest BCUT2D eigenvalue weighted by Crippen LogP contribution is -2.44. The highest BCUT2D eigenvalue weighted by Crippen LogP contribution is 2.19. The number of rotatable bonds is 4. The molecule has 1 atom stereocenters. The summed E-state index contributed by atoms with van der Waals surface area (Å²) in [6.07, 6.45) is 1.55. The largest absolute Gasteiger partial charge is 0.382 e. The van der Waals surface area contributed by atoms with Crippen LogP contribution in [0.3, 0.4) is 0 Å². The summed E-state index contributed by atoms with van der Waals surface area (Å²) in [5.41, 5.74) is 0.866. The second-order valence-corrected chi connectivity index (χ2v) is 4.03. The van der Waals surface area contributed by atoms with E-state index in [0.717, 1.165) is 12.2 Å². The Morgan fingerprint density at radius 1 is 1.67 bits per heavy atom. The van der Waals surface area contributed by atoms with Gasteiger partial charge in [-0.05, 0) is 16.0 Å². The summed E-state index contributed by atoms with van der Waals surface area (Å²) in [7, 11) is 1.63. The van der Waals surface area contributed by atoms with Gasteiger partial charge in [0.15, 0.2) is 6.20 Å². The number of methoxy groups -OCH3 is 1. The molecule has 2 rings (SSSR count). The lowest BCUT2D eigenvalue weighted by molar-refractivity contribution is -0.389. The fourth-order valence-corrected chi connectivity index (χ4v) is 1.91. The monoisotopic (exact) mass is 253 g/mol. The third-order valence-electron chi connectivity index (χ3n) is 2.78. The molecule has 1 aromatic rings. The first-order valence-electron chi connectivity index (χ1n) is 5.66. The van der Waals surface area contributed by atoms with E-state index in [2.05, 4.69) is 9.88 Å². The zero-order chi connectivity index (χ0) is 13.0. The van der Waals surface area contributed by atoms with Crippen LogP contribution in [0.1, 0.15) is 0 Å². The SMILES string of the molecule is COC[C@@H]1CN(c2ccc([N+](=O)[O-])nc2)CCO1. The number of nitro groups is 1. The predicted octanol–water partition coefficient (Wildman–Crippen LogP) is 0.841. The summed E-state index contributed by atoms with van der Waals surface area (Å²) in [6, 6.07) is 3.12. The van der Waals surface area contributed by atoms with E-state index in [4.69, 9.17) is 9.47 Å². The topological polar surface area (TPSA) is 77.7 Å². The zero-order valence-electron chi connectivity index (χ0n) is 10.1. The average molecular weight is 253 g/mol. The van der Waals surface area contributed by atoms with Crippen LogP contribution in [0.2, 0.25) is 0 Å². The third kappa shape index (κ3) is 2.93. The molecule has 1 aliphatic rings. The molecule has 1 aromatic heterocycles. The molecule has 0 spiro atoms. The number of morpholine rings is 1. The molecule has 0 bridgehead atoms. The maximum Gasteiger partial charge on any atom is 0.363 e. The fraction of sp³-hybridized carbons (Fsp3) is 0.545. The van der Waals surface area contributed by atoms with Gasteiger partial charge >= 0.3 is 5.82 Å². The Balaban J connectivity index is 2.04. The molecular weight excluding hydrogens is 238 g/mol. The van der Waals surface area contributed by atoms with E-state index < -0.39 is 4.92 Å². The normalized spacial score (nSPS) is 19.8. The Kier molecular flexibility index (Phi) is 4.06. The van der Waals surface area contributed by atoms with Crippen molar-refractivity contribution in [3.8, 4) is 0 Å². The van der Waals surface area contributed by atoms with Crippen LogP contribution in [0.5, 0.6) is 0 Å². The maximum absolute atomic E-state index is 10.5. The van der Waals surface area contributed by atoms with Gasteiger partial charge in [-0.1, -0.05) is 0 Å². The number of hydrogen-bond acceptors (Lipinski definition) is 6. The first-order valence-corrected chi connectivity index (χ1v) is 5.66. The second kappa shape index (κ2) is 5.74. The van der Waals surface area contributed by atoms with E-state index in [0.29, 0.717) is 19.8 Å². The molecule has 0 amide bonds. The zero-order valence-corrected chi connectivity index (χ0v) is 10.1. The van der Waals surface area contributed by atoms with Gasteiger partial charge in [0.05, 0.1) is 25.0 Å². The summed E-state index contributed by atoms with van der Waals surface area (Å²) < 4.78 is 10.6. The van der Waals surface area contributed by atoms with Crippen LogP contribution in [0.25, 0.3) is 0 Å². The van der Waals surface area contributed by atoms with Crippen molar-refractivity contribution < 1.29 is 14.4 Å². The molecule has 7 nitrogen and oxygen atoms in total. The molecule has 0 aliphatic carbocycles. The van der Waals surface area contributed by atoms with Crippen molar-refractivity contribution in [3.63, 3.8) is 0 Å². The highest BCUT2D eigenvalue weighted by atomic mass is 16.6. The van der Waals surface area contributed by atoms with Crippen LogP contribution >= 0.6 is 0 Å². The minimum atomic E-state index is -0.503. The molecule has 2 heterocycles. The van der Waals surface area contributed by atoms with Gasteiger partial charge in [0, 0.05) is 26.3 Å². The first-order chi connectivity index (χ1) is 8.70. The number of ether oxygens (including phenoxy) is 2. The highest BCUT2D eigenvalue weighted by molar-refractivity contribution is 5.46. The summed E-state index contributed by atoms with van der Waals surface area (Å²) in [5, 5.41) is 10.5. The standard InChI is InChI=1S/C11H15N3O4/c1-17-8-10-7-13(4-5-18-10)9-2-3-11(12-6-9)14(15)16/h2-3,6,10H,4-5,7-8H2,1H3/t10-/m0/s1. The molecule has 98 valence electrons. The van der Waals surface area contributed by atoms with E-state index in [1.165, 1.54) is 12.3 Å². The number of anilines is 1. The van der Waals surface area contributed by atoms with Crippen molar-refractivity contribution in [2.24, 2.45) is 0 Å². The van der Waals surface area contributed by atoms with E-state index >= 15 is 0 Å². The predicted molar refractivity (Wildman–Crippen MR) is 64.7 cm³/mol. The lowest BCUT2D eigenvalue weighted by atomic mass is 10.2. The highest BCUT2D eigenvalue weighted by Gasteiger charge is 2.21. The van der Waals surface area contributed by atoms with Gasteiger partial charge in [0.2, 0.25) is 0 Å². The molecule has 0 N–H and O–H groups in total. The molecule has 18 heavy (non-hydrogen) atoms. The van der Waals surface area contributed by atoms with Crippen LogP contribution in [0, 0.1) is 10.1 Å². The summed E-state index contributed by atoms with van der Waals surface area (Å²) >= 11 is 0. The smallest absolute Gasteiger partial charge is 0.363 e. The molecule has 1 fully saturated rings. The van der Waals surface area contributed by atoms with Gasteiger partial charge in [0.25, 0.3) is 0 Å². The quantitative estimate of drug-likeness (QED) is 0.584. The van der Waals surface area contributed by atoms with E-state index in [1.54, 1.807) is 13.2 Å². The number of hydrogen-bond donors (Lipinski definition) is 0. The molecule has 0 unspecified atom stereocenters. The van der Waals surface area contributed by atoms with Crippen molar-refractivity contribution in [1.29, 1.82) is 0 Å². The van der Waals surface area contributed by atoms with Crippen molar-refractivity contribution in [2.75, 3.05) is 38.3 Å². The Morgan fingerprint density at radius 3 is 3.11 bits per heavy atom. The van der Waals surface area contributed by atoms with Crippen molar-refractivity contribution >= 4 is 11.5 Å². The van der Waals surface area contributed by atoms with Crippen molar-refractivity contribution in [1.82, 2.24) is 4.98 Å². The van der Waals surface area contributed by atoms with E-state index in [1.807, 2.05) is 0 Å². The van der Waals surface area contributed by atoms with Crippen molar-refractivity contribution in [3.05, 3.63) is 28.4 Å². The number of nitrogens with zero attached hydrogens (tertiary/aromatic N) is 3. The Morgan fingerprint density at radius 2 is 2.50 bits per heavy atom. The Hall–Kier alpha value is -1.73. The summed E-state index contributed by atoms with van der Waals surface area (Å²) in [6.45, 7) is 2.61. The van der Waals surface area contributed by atoms with Gasteiger partial charge < -0.3 is 24.5 Å². The third-order valence-corrected chi connectivity index (χ3v) is 2.78. The second-order valence-electron chi connectivity index (χ2n) is 4.03. The van der Waals surface area contributed by atoms with Gasteiger partial charge in [-0.2, -0.15) is 0 Å².